The number of rotatable bonds is 10. The lowest BCUT2D eigenvalue weighted by molar-refractivity contribution is -0.138. The number of benzene rings is 4. The van der Waals surface area contributed by atoms with Gasteiger partial charge in [0.2, 0.25) is 0 Å². The summed E-state index contributed by atoms with van der Waals surface area (Å²) in [7, 11) is 1.53. The summed E-state index contributed by atoms with van der Waals surface area (Å²) in [5.74, 6) is 0.589. The number of thiazole rings is 1. The van der Waals surface area contributed by atoms with Crippen LogP contribution in [0.1, 0.15) is 60.5 Å². The van der Waals surface area contributed by atoms with E-state index in [1.165, 1.54) is 18.4 Å². The molecule has 7 nitrogen and oxygen atoms in total. The van der Waals surface area contributed by atoms with Crippen molar-refractivity contribution in [2.24, 2.45) is 4.99 Å². The number of fused-ring (bicyclic) bond motifs is 1. The lowest BCUT2D eigenvalue weighted by Gasteiger charge is -2.26. The Labute approximate surface area is 298 Å². The summed E-state index contributed by atoms with van der Waals surface area (Å²) in [6.07, 6.45) is 1.75. The van der Waals surface area contributed by atoms with Gasteiger partial charge in [0.15, 0.2) is 16.3 Å². The number of ether oxygens (including phenoxy) is 3. The van der Waals surface area contributed by atoms with E-state index < -0.39 is 12.0 Å². The SMILES string of the molecule is CCOC(=O)C1=C(c2ccccc2)N=c2s/c(=C\c3cc(Cl)c(OCc4ccc(Cl)cc4)c(OC)c3)c(=O)n2[C@@H]1c1ccc(C(C)C)cc1. The van der Waals surface area contributed by atoms with E-state index >= 15 is 0 Å². The molecule has 49 heavy (non-hydrogen) atoms. The maximum atomic E-state index is 14.3. The van der Waals surface area contributed by atoms with Gasteiger partial charge in [-0.15, -0.1) is 0 Å². The lowest BCUT2D eigenvalue weighted by atomic mass is 9.91. The Morgan fingerprint density at radius 1 is 1.00 bits per heavy atom. The van der Waals surface area contributed by atoms with Crippen LogP contribution in [0.25, 0.3) is 11.8 Å². The molecule has 1 aliphatic heterocycles. The average molecular weight is 714 g/mol. The zero-order valence-corrected chi connectivity index (χ0v) is 29.7. The van der Waals surface area contributed by atoms with E-state index in [-0.39, 0.29) is 18.8 Å². The molecule has 0 amide bonds. The predicted molar refractivity (Wildman–Crippen MR) is 195 cm³/mol. The Bertz CT molecular complexity index is 2210. The van der Waals surface area contributed by atoms with Gasteiger partial charge >= 0.3 is 5.97 Å². The molecule has 0 unspecified atom stereocenters. The van der Waals surface area contributed by atoms with Crippen LogP contribution in [-0.2, 0) is 16.1 Å². The summed E-state index contributed by atoms with van der Waals surface area (Å²) in [6, 6.07) is 27.5. The molecular formula is C39H34Cl2N2O5S. The number of hydrogen-bond donors (Lipinski definition) is 0. The van der Waals surface area contributed by atoms with E-state index in [4.69, 9.17) is 42.4 Å². The van der Waals surface area contributed by atoms with E-state index in [1.807, 2.05) is 66.7 Å². The van der Waals surface area contributed by atoms with Crippen LogP contribution in [0.2, 0.25) is 10.0 Å². The van der Waals surface area contributed by atoms with Crippen molar-refractivity contribution in [1.82, 2.24) is 4.57 Å². The number of halogens is 2. The number of nitrogens with zero attached hydrogens (tertiary/aromatic N) is 2. The van der Waals surface area contributed by atoms with Crippen LogP contribution in [0.15, 0.2) is 106 Å². The first-order chi connectivity index (χ1) is 23.7. The number of carbonyl (C=O) groups excluding carboxylic acids is 1. The van der Waals surface area contributed by atoms with Gasteiger partial charge in [-0.05, 0) is 65.4 Å². The summed E-state index contributed by atoms with van der Waals surface area (Å²) in [5, 5.41) is 0.962. The predicted octanol–water partition coefficient (Wildman–Crippen LogP) is 7.95. The van der Waals surface area contributed by atoms with Crippen molar-refractivity contribution >= 4 is 52.3 Å². The third kappa shape index (κ3) is 7.22. The van der Waals surface area contributed by atoms with Gasteiger partial charge in [0.1, 0.15) is 6.61 Å². The van der Waals surface area contributed by atoms with Crippen molar-refractivity contribution in [2.75, 3.05) is 13.7 Å². The third-order valence-corrected chi connectivity index (χ3v) is 9.65. The van der Waals surface area contributed by atoms with Crippen LogP contribution < -0.4 is 24.4 Å². The molecule has 0 aliphatic carbocycles. The Morgan fingerprint density at radius 3 is 2.37 bits per heavy atom. The third-order valence-electron chi connectivity index (χ3n) is 8.14. The van der Waals surface area contributed by atoms with E-state index in [2.05, 4.69) is 13.8 Å². The first-order valence-corrected chi connectivity index (χ1v) is 17.4. The van der Waals surface area contributed by atoms with Gasteiger partial charge in [0, 0.05) is 10.6 Å². The van der Waals surface area contributed by atoms with Crippen molar-refractivity contribution in [3.8, 4) is 11.5 Å². The number of aromatic nitrogens is 1. The molecular weight excluding hydrogens is 679 g/mol. The van der Waals surface area contributed by atoms with Gasteiger partial charge in [-0.2, -0.15) is 0 Å². The summed E-state index contributed by atoms with van der Waals surface area (Å²) >= 11 is 14.0. The first-order valence-electron chi connectivity index (χ1n) is 15.8. The maximum absolute atomic E-state index is 14.3. The Kier molecular flexibility index (Phi) is 10.4. The summed E-state index contributed by atoms with van der Waals surface area (Å²) in [5.41, 5.74) is 4.69. The molecule has 0 saturated carbocycles. The molecule has 0 spiro atoms. The Hall–Kier alpha value is -4.63. The van der Waals surface area contributed by atoms with Crippen molar-refractivity contribution in [1.29, 1.82) is 0 Å². The van der Waals surface area contributed by atoms with Gasteiger partial charge in [-0.3, -0.25) is 9.36 Å². The van der Waals surface area contributed by atoms with E-state index in [0.717, 1.165) is 22.3 Å². The molecule has 5 aromatic rings. The molecule has 2 heterocycles. The van der Waals surface area contributed by atoms with Crippen LogP contribution >= 0.6 is 34.5 Å². The molecule has 0 saturated heterocycles. The highest BCUT2D eigenvalue weighted by Gasteiger charge is 2.35. The largest absolute Gasteiger partial charge is 0.493 e. The topological polar surface area (TPSA) is 79.1 Å². The van der Waals surface area contributed by atoms with Gasteiger partial charge in [-0.1, -0.05) is 115 Å². The second-order valence-corrected chi connectivity index (χ2v) is 13.6. The van der Waals surface area contributed by atoms with Crippen molar-refractivity contribution in [3.63, 3.8) is 0 Å². The monoisotopic (exact) mass is 712 g/mol. The van der Waals surface area contributed by atoms with E-state index in [9.17, 15) is 9.59 Å². The molecule has 0 radical (unpaired) electrons. The molecule has 1 aromatic heterocycles. The fourth-order valence-electron chi connectivity index (χ4n) is 5.67. The van der Waals surface area contributed by atoms with E-state index in [0.29, 0.717) is 53.6 Å². The van der Waals surface area contributed by atoms with Crippen LogP contribution in [0, 0.1) is 0 Å². The lowest BCUT2D eigenvalue weighted by Crippen LogP contribution is -2.40. The molecule has 1 atom stereocenters. The molecule has 10 heteroatoms. The molecule has 1 aliphatic rings. The summed E-state index contributed by atoms with van der Waals surface area (Å²) < 4.78 is 19.3. The first kappa shape index (κ1) is 34.2. The standard InChI is InChI=1S/C39H34Cl2N2O5S/c1-5-47-38(45)33-34(27-9-7-6-8-10-27)42-39-43(35(33)28-15-13-26(14-16-28)23(2)3)37(44)32(49-39)21-25-19-30(41)36(31(20-25)46-4)48-22-24-11-17-29(40)18-12-24/h6-21,23,35H,5,22H2,1-4H3/b32-21-/t35-/m1/s1. The number of methoxy groups -OCH3 is 1. The average Bonchev–Trinajstić information content (AvgIpc) is 3.41. The Balaban J connectivity index is 1.49. The highest BCUT2D eigenvalue weighted by atomic mass is 35.5. The minimum atomic E-state index is -0.768. The molecule has 0 fully saturated rings. The van der Waals surface area contributed by atoms with Crippen LogP contribution in [-0.4, -0.2) is 24.3 Å². The minimum absolute atomic E-state index is 0.176. The van der Waals surface area contributed by atoms with Gasteiger partial charge in [0.05, 0.1) is 40.6 Å². The van der Waals surface area contributed by atoms with Gasteiger partial charge in [0.25, 0.3) is 5.56 Å². The van der Waals surface area contributed by atoms with E-state index in [1.54, 1.807) is 41.8 Å². The zero-order chi connectivity index (χ0) is 34.7. The van der Waals surface area contributed by atoms with Crippen molar-refractivity contribution in [2.45, 2.75) is 39.3 Å². The highest BCUT2D eigenvalue weighted by molar-refractivity contribution is 7.07. The molecule has 0 bridgehead atoms. The smallest absolute Gasteiger partial charge is 0.338 e. The number of hydrogen-bond acceptors (Lipinski definition) is 7. The van der Waals surface area contributed by atoms with Gasteiger partial charge in [-0.25, -0.2) is 9.79 Å². The molecule has 0 N–H and O–H groups in total. The second kappa shape index (κ2) is 14.9. The molecule has 6 rings (SSSR count). The summed E-state index contributed by atoms with van der Waals surface area (Å²) in [4.78, 5) is 33.5. The van der Waals surface area contributed by atoms with Crippen molar-refractivity contribution < 1.29 is 19.0 Å². The fourth-order valence-corrected chi connectivity index (χ4v) is 7.07. The molecule has 4 aromatic carbocycles. The number of carbonyl (C=O) groups is 1. The zero-order valence-electron chi connectivity index (χ0n) is 27.4. The number of esters is 1. The van der Waals surface area contributed by atoms with Crippen LogP contribution in [0.5, 0.6) is 11.5 Å². The second-order valence-electron chi connectivity index (χ2n) is 11.7. The highest BCUT2D eigenvalue weighted by Crippen LogP contribution is 2.38. The fraction of sp³-hybridized carbons (Fsp3) is 0.205. The van der Waals surface area contributed by atoms with Crippen molar-refractivity contribution in [3.05, 3.63) is 154 Å². The van der Waals surface area contributed by atoms with Gasteiger partial charge < -0.3 is 14.2 Å². The van der Waals surface area contributed by atoms with Crippen LogP contribution in [0.4, 0.5) is 0 Å². The maximum Gasteiger partial charge on any atom is 0.338 e. The summed E-state index contributed by atoms with van der Waals surface area (Å²) in [6.45, 7) is 6.44. The molecule has 250 valence electrons. The minimum Gasteiger partial charge on any atom is -0.493 e. The quantitative estimate of drug-likeness (QED) is 0.137. The Morgan fingerprint density at radius 2 is 1.71 bits per heavy atom. The van der Waals surface area contributed by atoms with Crippen LogP contribution in [0.3, 0.4) is 0 Å². The normalized spacial score (nSPS) is 14.4.